The minimum atomic E-state index is -3.37. The molecule has 15 N–H and O–H groups in total. The van der Waals surface area contributed by atoms with Crippen molar-refractivity contribution in [1.82, 2.24) is 48.7 Å². The molecule has 31 nitrogen and oxygen atoms in total. The number of aliphatic imine (C=N–C) groups is 2. The number of nitrogens with two attached hydrogens (primary N) is 2. The number of isocyanates is 2. The number of carbonyl (C=O) groups excluding carboxylic acids is 10. The molecule has 0 atom stereocenters. The molecule has 0 fully saturated rings. The second-order valence-electron chi connectivity index (χ2n) is 27.6. The van der Waals surface area contributed by atoms with Gasteiger partial charge in [-0.25, -0.2) is 57.9 Å². The van der Waals surface area contributed by atoms with Crippen LogP contribution in [0.15, 0.2) is 70.6 Å². The number of nitrogens with one attached hydrogen (secondary N) is 8. The zero-order valence-corrected chi connectivity index (χ0v) is 83.5. The molecule has 0 radical (unpaired) electrons. The summed E-state index contributed by atoms with van der Waals surface area (Å²) in [5.41, 5.74) is 10.6. The molecule has 0 heterocycles. The minimum absolute atomic E-state index is 0. The Labute approximate surface area is 743 Å². The van der Waals surface area contributed by atoms with Gasteiger partial charge in [-0.2, -0.15) is 0 Å². The Morgan fingerprint density at radius 3 is 0.658 bits per heavy atom. The Hall–Kier alpha value is -4.85. The van der Waals surface area contributed by atoms with Gasteiger partial charge >= 0.3 is 67.5 Å². The predicted molar refractivity (Wildman–Crippen MR) is 492 cm³/mol. The van der Waals surface area contributed by atoms with Crippen molar-refractivity contribution in [1.29, 1.82) is 0 Å². The summed E-state index contributed by atoms with van der Waals surface area (Å²) in [5.74, 6) is 0. The number of methoxy groups -OCH3 is 4. The van der Waals surface area contributed by atoms with Crippen LogP contribution in [0.3, 0.4) is 0 Å². The molecule has 0 bridgehead atoms. The Morgan fingerprint density at radius 1 is 0.308 bits per heavy atom. The molecule has 46 heteroatoms. The van der Waals surface area contributed by atoms with E-state index in [9.17, 15) is 47.9 Å². The summed E-state index contributed by atoms with van der Waals surface area (Å²) in [6.45, 7) is 27.2. The van der Waals surface area contributed by atoms with Crippen molar-refractivity contribution in [2.75, 3.05) is 107 Å². The highest BCUT2D eigenvalue weighted by Crippen LogP contribution is 2.23. The van der Waals surface area contributed by atoms with Crippen LogP contribution in [0.25, 0.3) is 0 Å². The van der Waals surface area contributed by atoms with Crippen LogP contribution in [0.4, 0.5) is 38.4 Å². The molecule has 680 valence electrons. The number of hydrogen-bond donors (Lipinski definition) is 11. The van der Waals surface area contributed by atoms with Gasteiger partial charge in [-0.05, 0) is 110 Å². The zero-order chi connectivity index (χ0) is 89.4. The van der Waals surface area contributed by atoms with Crippen LogP contribution >= 0.6 is 99.7 Å². The number of ether oxygens (including phenoxy) is 4. The van der Waals surface area contributed by atoms with Crippen molar-refractivity contribution in [2.45, 2.75) is 213 Å². The monoisotopic (exact) mass is 1940 g/mol. The van der Waals surface area contributed by atoms with Crippen molar-refractivity contribution < 1.29 is 84.6 Å². The molecular formula is C71H136Cl9N13O18Si6. The van der Waals surface area contributed by atoms with Gasteiger partial charge in [-0.15, -0.1) is 0 Å². The number of amides is 8. The molecule has 0 aliphatic carbocycles. The van der Waals surface area contributed by atoms with Gasteiger partial charge in [0.15, 0.2) is 0 Å². The highest BCUT2D eigenvalue weighted by Gasteiger charge is 2.34. The third kappa shape index (κ3) is 111. The van der Waals surface area contributed by atoms with E-state index in [0.717, 1.165) is 154 Å². The molecule has 0 aromatic heterocycles. The zero-order valence-electron chi connectivity index (χ0n) is 70.7. The maximum Gasteiger partial charge on any atom is 0.558 e. The first-order valence-electron chi connectivity index (χ1n) is 38.4. The maximum atomic E-state index is 11.3. The normalized spacial score (nSPS) is 10.5. The van der Waals surface area contributed by atoms with E-state index in [4.69, 9.17) is 116 Å². The first-order valence-corrected chi connectivity index (χ1v) is 63.6. The van der Waals surface area contributed by atoms with Crippen molar-refractivity contribution in [3.63, 3.8) is 0 Å². The fraction of sp³-hybridized carbons (Fsp3) is 0.690. The van der Waals surface area contributed by atoms with E-state index in [-0.39, 0.29) is 12.2 Å². The molecule has 0 saturated heterocycles. The summed E-state index contributed by atoms with van der Waals surface area (Å²) in [6, 6.07) is 21.5. The lowest BCUT2D eigenvalue weighted by Gasteiger charge is -2.17. The van der Waals surface area contributed by atoms with E-state index >= 15 is 0 Å². The molecule has 2 aromatic carbocycles. The van der Waals surface area contributed by atoms with Crippen LogP contribution in [-0.4, -0.2) is 211 Å². The van der Waals surface area contributed by atoms with Crippen molar-refractivity contribution >= 4 is 214 Å². The molecular weight excluding hydrogens is 1810 g/mol. The first-order chi connectivity index (χ1) is 54.4. The molecule has 2 rings (SSSR count). The summed E-state index contributed by atoms with van der Waals surface area (Å²) in [4.78, 5) is 114. The quantitative estimate of drug-likeness (QED) is 0.00732. The number of alkyl carbamates (subject to hydrolysis) is 4. The molecule has 8 amide bonds. The SMILES string of the molecule is COC(=O)NCCCCCCNC(=O)O[Si](C)(C)C.COC(=O)NCCCCCCNC(=O)O[Si](Cl)(Cl)Cl.COC(=O)NCCCCCCNC(=O)O[Si](Cl)(Cl)Cl.COC(=O)NCCCCCCNC(=O)O[Si](Cl)(Cl)Cl.C[Si](C)(C)c1ccccc1.C[Si](C)(C)c1ccccc1.N.NCCCCCCN.O=C=NCCCCCCN=C=O. The number of rotatable bonds is 46. The fourth-order valence-electron chi connectivity index (χ4n) is 8.31. The van der Waals surface area contributed by atoms with Crippen LogP contribution in [0.5, 0.6) is 0 Å². The number of benzene rings is 2. The van der Waals surface area contributed by atoms with Crippen LogP contribution in [0, 0.1) is 0 Å². The van der Waals surface area contributed by atoms with Crippen LogP contribution in [-0.2, 0) is 46.2 Å². The largest absolute Gasteiger partial charge is 0.558 e. The lowest BCUT2D eigenvalue weighted by Crippen LogP contribution is -2.37. The van der Waals surface area contributed by atoms with Crippen molar-refractivity contribution in [3.8, 4) is 0 Å². The number of halogens is 9. The van der Waals surface area contributed by atoms with Gasteiger partial charge in [0.2, 0.25) is 20.5 Å². The molecule has 0 aliphatic heterocycles. The molecule has 0 unspecified atom stereocenters. The smallest absolute Gasteiger partial charge is 0.504 e. The predicted octanol–water partition coefficient (Wildman–Crippen LogP) is 17.1. The van der Waals surface area contributed by atoms with E-state index in [1.807, 2.05) is 19.6 Å². The average molecular weight is 1950 g/mol. The standard InChI is InChI=1S/C12H26N2O4Si.3C9H17Cl3N2O4Si.2C9H14Si.C8H12N2O2.C6H16N2.H3N/c1-17-11(15)13-9-7-5-6-8-10-14-12(16)18-19(2,3)4;3*1-17-8(15)13-6-4-2-3-5-7-14-9(16)18-19(10,11)12;2*1-10(2,3)9-7-5-4-6-8-9;11-7-9-5-3-1-2-4-6-10-8-12;7-5-3-1-2-4-6-8;/h5-10H2,1-4H3,(H,13,15)(H,14,16);3*2-7H2,1H3,(H,13,15)(H,14,16);2*4-8H,1-3H3;1-6H2;1-8H2;1H3. The minimum Gasteiger partial charge on any atom is -0.504 e. The van der Waals surface area contributed by atoms with Crippen LogP contribution in [0.2, 0.25) is 58.9 Å². The summed E-state index contributed by atoms with van der Waals surface area (Å²) >= 11 is 48.6. The summed E-state index contributed by atoms with van der Waals surface area (Å²) in [7, 11) is 1.45. The second kappa shape index (κ2) is 83.4. The van der Waals surface area contributed by atoms with Crippen molar-refractivity contribution in [2.24, 2.45) is 21.5 Å². The molecule has 0 aliphatic rings. The van der Waals surface area contributed by atoms with Crippen LogP contribution in [0.1, 0.15) is 154 Å². The third-order valence-electron chi connectivity index (χ3n) is 14.2. The van der Waals surface area contributed by atoms with Crippen molar-refractivity contribution in [3.05, 3.63) is 60.7 Å². The summed E-state index contributed by atoms with van der Waals surface area (Å²) < 4.78 is 36.6. The molecule has 0 spiro atoms. The second-order valence-corrected chi connectivity index (χ2v) is 65.1. The van der Waals surface area contributed by atoms with Gasteiger partial charge in [0, 0.05) is 52.4 Å². The Kier molecular flexibility index (Phi) is 89.3. The Balaban J connectivity index is -0.000000240. The highest BCUT2D eigenvalue weighted by molar-refractivity contribution is 7.63. The lowest BCUT2D eigenvalue weighted by atomic mass is 10.2. The van der Waals surface area contributed by atoms with Gasteiger partial charge in [0.05, 0.1) is 57.7 Å². The van der Waals surface area contributed by atoms with Gasteiger partial charge in [-0.1, -0.05) is 287 Å². The summed E-state index contributed by atoms with van der Waals surface area (Å²) in [6.07, 6.45) is 11.6. The van der Waals surface area contributed by atoms with Crippen LogP contribution < -0.4 is 70.5 Å². The Morgan fingerprint density at radius 2 is 0.496 bits per heavy atom. The number of carbonyl (C=O) groups is 8. The van der Waals surface area contributed by atoms with Gasteiger partial charge in [-0.3, -0.25) is 0 Å². The van der Waals surface area contributed by atoms with E-state index in [1.54, 1.807) is 0 Å². The third-order valence-corrected chi connectivity index (χ3v) is 22.5. The topological polar surface area (TPSA) is 453 Å². The Bertz CT molecular complexity index is 2600. The van der Waals surface area contributed by atoms with E-state index in [0.29, 0.717) is 65.4 Å². The highest BCUT2D eigenvalue weighted by atomic mass is 35.9. The number of unbranched alkanes of at least 4 members (excludes halogenated alkanes) is 18. The van der Waals surface area contributed by atoms with E-state index in [1.165, 1.54) is 63.8 Å². The summed E-state index contributed by atoms with van der Waals surface area (Å²) in [5, 5.41) is 23.6. The molecule has 2 aromatic rings. The van der Waals surface area contributed by atoms with Gasteiger partial charge in [0.1, 0.15) is 0 Å². The first kappa shape index (κ1) is 125. The van der Waals surface area contributed by atoms with Gasteiger partial charge < -0.3 is 96.8 Å². The maximum absolute atomic E-state index is 11.3. The number of hydrogen-bond acceptors (Lipinski definition) is 23. The lowest BCUT2D eigenvalue weighted by molar-refractivity contribution is 0.170. The molecule has 117 heavy (non-hydrogen) atoms. The van der Waals surface area contributed by atoms with E-state index in [2.05, 4.69) is 185 Å². The van der Waals surface area contributed by atoms with E-state index < -0.39 is 85.9 Å². The average Bonchev–Trinajstić information content (AvgIpc) is 0.883. The van der Waals surface area contributed by atoms with Gasteiger partial charge in [0.25, 0.3) is 0 Å². The fourth-order valence-corrected chi connectivity index (χ4v) is 14.1. The number of nitrogens with zero attached hydrogens (tertiary/aromatic N) is 2. The molecule has 0 saturated carbocycles.